The molecule has 3 rings (SSSR count). The van der Waals surface area contributed by atoms with Crippen LogP contribution in [-0.2, 0) is 21.4 Å². The normalized spacial score (nSPS) is 21.5. The van der Waals surface area contributed by atoms with Crippen LogP contribution in [0, 0.1) is 0 Å². The Bertz CT molecular complexity index is 684. The number of piperidine rings is 1. The highest BCUT2D eigenvalue weighted by Gasteiger charge is 2.26. The molecule has 2 heterocycles. The fourth-order valence-electron chi connectivity index (χ4n) is 3.29. The Hall–Kier alpha value is -1.15. The van der Waals surface area contributed by atoms with Gasteiger partial charge in [0.15, 0.2) is 0 Å². The van der Waals surface area contributed by atoms with E-state index in [1.165, 1.54) is 0 Å². The van der Waals surface area contributed by atoms with Crippen molar-refractivity contribution in [2.45, 2.75) is 49.6 Å². The predicted molar refractivity (Wildman–Crippen MR) is 99.2 cm³/mol. The summed E-state index contributed by atoms with van der Waals surface area (Å²) in [4.78, 5) is 12.4. The van der Waals surface area contributed by atoms with E-state index in [0.717, 1.165) is 44.2 Å². The van der Waals surface area contributed by atoms with Crippen LogP contribution in [0.3, 0.4) is 0 Å². The van der Waals surface area contributed by atoms with E-state index in [2.05, 4.69) is 10.6 Å². The van der Waals surface area contributed by atoms with Gasteiger partial charge in [-0.15, -0.1) is 12.4 Å². The molecule has 0 radical (unpaired) electrons. The van der Waals surface area contributed by atoms with E-state index >= 15 is 0 Å². The van der Waals surface area contributed by atoms with E-state index in [-0.39, 0.29) is 24.4 Å². The van der Waals surface area contributed by atoms with E-state index in [1.807, 2.05) is 6.07 Å². The van der Waals surface area contributed by atoms with E-state index in [1.54, 1.807) is 22.5 Å². The van der Waals surface area contributed by atoms with Gasteiger partial charge in [-0.3, -0.25) is 4.79 Å². The van der Waals surface area contributed by atoms with Gasteiger partial charge in [0, 0.05) is 19.6 Å². The van der Waals surface area contributed by atoms with Crippen molar-refractivity contribution in [3.63, 3.8) is 0 Å². The van der Waals surface area contributed by atoms with Crippen molar-refractivity contribution in [3.8, 4) is 0 Å². The number of nitrogens with one attached hydrogen (secondary N) is 2. The Balaban J connectivity index is 0.00000225. The zero-order valence-electron chi connectivity index (χ0n) is 14.2. The Morgan fingerprint density at radius 1 is 1.20 bits per heavy atom. The molecular weight excluding hydrogens is 362 g/mol. The number of benzene rings is 1. The molecule has 2 fully saturated rings. The van der Waals surface area contributed by atoms with Crippen molar-refractivity contribution in [3.05, 3.63) is 29.8 Å². The first kappa shape index (κ1) is 20.2. The summed E-state index contributed by atoms with van der Waals surface area (Å²) < 4.78 is 27.0. The summed E-state index contributed by atoms with van der Waals surface area (Å²) in [6.45, 7) is 2.41. The molecule has 0 aromatic heterocycles. The van der Waals surface area contributed by atoms with E-state index < -0.39 is 10.0 Å². The maximum absolute atomic E-state index is 12.7. The van der Waals surface area contributed by atoms with Crippen LogP contribution in [0.4, 0.5) is 0 Å². The minimum Gasteiger partial charge on any atom is -0.351 e. The quantitative estimate of drug-likeness (QED) is 0.805. The lowest BCUT2D eigenvalue weighted by molar-refractivity contribution is -0.122. The standard InChI is InChI=1S/C17H25N3O3S.ClH/c21-17(16-8-5-9-18-16)19-13-14-6-4-7-15(12-14)24(22,23)20-10-2-1-3-11-20;/h4,6-7,12,16,18H,1-3,5,8-11,13H2,(H,19,21);1H. The smallest absolute Gasteiger partial charge is 0.243 e. The second kappa shape index (κ2) is 8.98. The molecule has 25 heavy (non-hydrogen) atoms. The van der Waals surface area contributed by atoms with Crippen LogP contribution in [0.5, 0.6) is 0 Å². The lowest BCUT2D eigenvalue weighted by atomic mass is 10.2. The number of amides is 1. The van der Waals surface area contributed by atoms with Crippen LogP contribution >= 0.6 is 12.4 Å². The highest BCUT2D eigenvalue weighted by atomic mass is 35.5. The first-order valence-electron chi connectivity index (χ1n) is 8.67. The van der Waals surface area contributed by atoms with Gasteiger partial charge < -0.3 is 10.6 Å². The van der Waals surface area contributed by atoms with Crippen molar-refractivity contribution in [1.82, 2.24) is 14.9 Å². The van der Waals surface area contributed by atoms with Gasteiger partial charge in [0.25, 0.3) is 0 Å². The Morgan fingerprint density at radius 2 is 1.96 bits per heavy atom. The number of hydrogen-bond donors (Lipinski definition) is 2. The van der Waals surface area contributed by atoms with E-state index in [9.17, 15) is 13.2 Å². The number of rotatable bonds is 5. The van der Waals surface area contributed by atoms with Crippen molar-refractivity contribution in [2.24, 2.45) is 0 Å². The number of sulfonamides is 1. The third-order valence-corrected chi connectivity index (χ3v) is 6.59. The van der Waals surface area contributed by atoms with E-state index in [0.29, 0.717) is 24.5 Å². The Labute approximate surface area is 155 Å². The molecule has 140 valence electrons. The summed E-state index contributed by atoms with van der Waals surface area (Å²) >= 11 is 0. The van der Waals surface area contributed by atoms with Gasteiger partial charge in [-0.05, 0) is 49.9 Å². The average Bonchev–Trinajstić information content (AvgIpc) is 3.15. The molecule has 6 nitrogen and oxygen atoms in total. The zero-order chi connectivity index (χ0) is 17.0. The second-order valence-electron chi connectivity index (χ2n) is 6.48. The molecule has 1 aromatic rings. The third-order valence-electron chi connectivity index (χ3n) is 4.69. The summed E-state index contributed by atoms with van der Waals surface area (Å²) in [5.74, 6) is -0.0169. The molecule has 1 unspecified atom stereocenters. The Kier molecular flexibility index (Phi) is 7.25. The predicted octanol–water partition coefficient (Wildman–Crippen LogP) is 1.65. The molecule has 1 aromatic carbocycles. The van der Waals surface area contributed by atoms with Crippen molar-refractivity contribution in [2.75, 3.05) is 19.6 Å². The SMILES string of the molecule is Cl.O=C(NCc1cccc(S(=O)(=O)N2CCCCC2)c1)C1CCCN1. The molecule has 1 atom stereocenters. The number of nitrogens with zero attached hydrogens (tertiary/aromatic N) is 1. The topological polar surface area (TPSA) is 78.5 Å². The lowest BCUT2D eigenvalue weighted by Gasteiger charge is -2.26. The number of hydrogen-bond acceptors (Lipinski definition) is 4. The molecule has 2 N–H and O–H groups in total. The molecule has 0 bridgehead atoms. The van der Waals surface area contributed by atoms with Crippen LogP contribution in [-0.4, -0.2) is 44.3 Å². The molecule has 2 aliphatic rings. The highest BCUT2D eigenvalue weighted by molar-refractivity contribution is 7.89. The molecule has 2 aliphatic heterocycles. The monoisotopic (exact) mass is 387 g/mol. The van der Waals surface area contributed by atoms with Gasteiger partial charge >= 0.3 is 0 Å². The van der Waals surface area contributed by atoms with Gasteiger partial charge in [0.05, 0.1) is 10.9 Å². The molecule has 1 amide bonds. The maximum Gasteiger partial charge on any atom is 0.243 e. The molecule has 0 saturated carbocycles. The average molecular weight is 388 g/mol. The molecule has 0 spiro atoms. The summed E-state index contributed by atoms with van der Waals surface area (Å²) in [5.41, 5.74) is 0.805. The molecule has 2 saturated heterocycles. The summed E-state index contributed by atoms with van der Waals surface area (Å²) in [6, 6.07) is 6.77. The molecular formula is C17H26ClN3O3S. The lowest BCUT2D eigenvalue weighted by Crippen LogP contribution is -2.40. The zero-order valence-corrected chi connectivity index (χ0v) is 15.9. The van der Waals surface area contributed by atoms with Gasteiger partial charge in [-0.2, -0.15) is 4.31 Å². The molecule has 8 heteroatoms. The first-order valence-corrected chi connectivity index (χ1v) is 10.1. The van der Waals surface area contributed by atoms with Gasteiger partial charge in [-0.1, -0.05) is 18.6 Å². The third kappa shape index (κ3) is 4.94. The summed E-state index contributed by atoms with van der Waals surface area (Å²) in [7, 11) is -3.43. The minimum atomic E-state index is -3.43. The van der Waals surface area contributed by atoms with Gasteiger partial charge in [0.1, 0.15) is 0 Å². The van der Waals surface area contributed by atoms with Crippen molar-refractivity contribution < 1.29 is 13.2 Å². The van der Waals surface area contributed by atoms with Crippen LogP contribution in [0.2, 0.25) is 0 Å². The van der Waals surface area contributed by atoms with Crippen molar-refractivity contribution >= 4 is 28.3 Å². The van der Waals surface area contributed by atoms with Crippen LogP contribution < -0.4 is 10.6 Å². The van der Waals surface area contributed by atoms with E-state index in [4.69, 9.17) is 0 Å². The van der Waals surface area contributed by atoms with Gasteiger partial charge in [0.2, 0.25) is 15.9 Å². The van der Waals surface area contributed by atoms with Crippen LogP contribution in [0.1, 0.15) is 37.7 Å². The number of halogens is 1. The van der Waals surface area contributed by atoms with Crippen molar-refractivity contribution in [1.29, 1.82) is 0 Å². The highest BCUT2D eigenvalue weighted by Crippen LogP contribution is 2.21. The van der Waals surface area contributed by atoms with Gasteiger partial charge in [-0.25, -0.2) is 8.42 Å². The minimum absolute atomic E-state index is 0. The fourth-order valence-corrected chi connectivity index (χ4v) is 4.88. The number of carbonyl (C=O) groups excluding carboxylic acids is 1. The maximum atomic E-state index is 12.7. The molecule has 0 aliphatic carbocycles. The largest absolute Gasteiger partial charge is 0.351 e. The summed E-state index contributed by atoms with van der Waals surface area (Å²) in [5, 5.41) is 6.05. The van der Waals surface area contributed by atoms with Crippen LogP contribution in [0.15, 0.2) is 29.2 Å². The van der Waals surface area contributed by atoms with Crippen LogP contribution in [0.25, 0.3) is 0 Å². The summed E-state index contributed by atoms with van der Waals surface area (Å²) in [6.07, 6.45) is 4.80. The first-order chi connectivity index (χ1) is 11.6. The number of carbonyl (C=O) groups is 1. The Morgan fingerprint density at radius 3 is 2.64 bits per heavy atom. The fraction of sp³-hybridized carbons (Fsp3) is 0.588. The second-order valence-corrected chi connectivity index (χ2v) is 8.42.